The average Bonchev–Trinajstić information content (AvgIpc) is 2.38. The third kappa shape index (κ3) is 2.98. The predicted molar refractivity (Wildman–Crippen MR) is 77.0 cm³/mol. The second-order valence-electron chi connectivity index (χ2n) is 4.43. The van der Waals surface area contributed by atoms with E-state index in [0.717, 1.165) is 12.3 Å². The molecule has 0 radical (unpaired) electrons. The zero-order valence-corrected chi connectivity index (χ0v) is 12.7. The molecule has 0 aliphatic carbocycles. The van der Waals surface area contributed by atoms with Crippen molar-refractivity contribution in [3.63, 3.8) is 0 Å². The van der Waals surface area contributed by atoms with E-state index < -0.39 is 26.8 Å². The van der Waals surface area contributed by atoms with Gasteiger partial charge in [0, 0.05) is 37.4 Å². The summed E-state index contributed by atoms with van der Waals surface area (Å²) in [6.07, 6.45) is 1.11. The van der Waals surface area contributed by atoms with Crippen molar-refractivity contribution in [2.24, 2.45) is 0 Å². The van der Waals surface area contributed by atoms with Crippen molar-refractivity contribution in [1.82, 2.24) is 4.98 Å². The van der Waals surface area contributed by atoms with E-state index in [1.54, 1.807) is 0 Å². The summed E-state index contributed by atoms with van der Waals surface area (Å²) in [7, 11) is -1.92. The van der Waals surface area contributed by atoms with Crippen molar-refractivity contribution in [3.8, 4) is 0 Å². The molecule has 1 aliphatic heterocycles. The van der Waals surface area contributed by atoms with Gasteiger partial charge in [0.05, 0.1) is 0 Å². The van der Waals surface area contributed by atoms with Crippen LogP contribution in [-0.4, -0.2) is 50.1 Å². The molecule has 1 fully saturated rings. The number of sulfone groups is 1. The van der Waals surface area contributed by atoms with Gasteiger partial charge in [0.25, 0.3) is 0 Å². The maximum Gasteiger partial charge on any atom is 0.169 e. The Morgan fingerprint density at radius 3 is 2.75 bits per heavy atom. The van der Waals surface area contributed by atoms with Crippen LogP contribution < -0.4 is 10.2 Å². The molecule has 1 atom stereocenters. The Bertz CT molecular complexity index is 610. The van der Waals surface area contributed by atoms with Gasteiger partial charge >= 0.3 is 0 Å². The Labute approximate surface area is 120 Å². The highest BCUT2D eigenvalue weighted by molar-refractivity contribution is 8.01. The lowest BCUT2D eigenvalue weighted by molar-refractivity contribution is 0.561. The van der Waals surface area contributed by atoms with Crippen LogP contribution in [0.2, 0.25) is 0 Å². The number of rotatable bonds is 3. The topological polar surface area (TPSA) is 62.3 Å². The number of hydrogen-bond acceptors (Lipinski definition) is 6. The van der Waals surface area contributed by atoms with Gasteiger partial charge in [-0.3, -0.25) is 0 Å². The fraction of sp³-hybridized carbons (Fsp3) is 0.545. The molecule has 1 unspecified atom stereocenters. The highest BCUT2D eigenvalue weighted by Gasteiger charge is 2.33. The molecular formula is C11H15F2N3O2S2. The largest absolute Gasteiger partial charge is 0.371 e. The van der Waals surface area contributed by atoms with Gasteiger partial charge in [0.15, 0.2) is 33.1 Å². The van der Waals surface area contributed by atoms with Crippen LogP contribution in [0.4, 0.5) is 20.4 Å². The number of hydrogen-bond donors (Lipinski definition) is 1. The van der Waals surface area contributed by atoms with E-state index in [1.165, 1.54) is 23.7 Å². The number of aromatic nitrogens is 1. The van der Waals surface area contributed by atoms with E-state index in [4.69, 9.17) is 0 Å². The van der Waals surface area contributed by atoms with Gasteiger partial charge in [-0.1, -0.05) is 0 Å². The van der Waals surface area contributed by atoms with Gasteiger partial charge in [0.2, 0.25) is 0 Å². The van der Waals surface area contributed by atoms with Gasteiger partial charge in [-0.15, -0.1) is 0 Å². The van der Waals surface area contributed by atoms with Crippen LogP contribution in [0.15, 0.2) is 6.07 Å². The molecule has 0 amide bonds. The number of nitrogens with one attached hydrogen (secondary N) is 1. The van der Waals surface area contributed by atoms with Gasteiger partial charge in [-0.05, 0) is 0 Å². The summed E-state index contributed by atoms with van der Waals surface area (Å²) in [6.45, 7) is 0.348. The van der Waals surface area contributed by atoms with E-state index in [2.05, 4.69) is 10.3 Å². The maximum atomic E-state index is 13.9. The van der Waals surface area contributed by atoms with Gasteiger partial charge < -0.3 is 10.2 Å². The SMILES string of the molecule is CNc1nc(N2CCSCC2S(C)(=O)=O)c(F)cc1F. The van der Waals surface area contributed by atoms with Crippen LogP contribution in [0.1, 0.15) is 0 Å². The molecule has 1 aliphatic rings. The molecule has 112 valence electrons. The molecule has 2 rings (SSSR count). The minimum Gasteiger partial charge on any atom is -0.371 e. The normalized spacial score (nSPS) is 20.0. The smallest absolute Gasteiger partial charge is 0.169 e. The predicted octanol–water partition coefficient (Wildman–Crippen LogP) is 1.33. The minimum absolute atomic E-state index is 0.105. The van der Waals surface area contributed by atoms with Gasteiger partial charge in [-0.25, -0.2) is 22.2 Å². The zero-order chi connectivity index (χ0) is 14.9. The Morgan fingerprint density at radius 1 is 1.45 bits per heavy atom. The van der Waals surface area contributed by atoms with Crippen molar-refractivity contribution in [2.75, 3.05) is 41.6 Å². The monoisotopic (exact) mass is 323 g/mol. The lowest BCUT2D eigenvalue weighted by Crippen LogP contribution is -2.47. The molecule has 1 aromatic heterocycles. The first-order valence-electron chi connectivity index (χ1n) is 5.91. The highest BCUT2D eigenvalue weighted by Crippen LogP contribution is 2.29. The Balaban J connectivity index is 2.47. The first-order valence-corrected chi connectivity index (χ1v) is 9.02. The second-order valence-corrected chi connectivity index (χ2v) is 7.78. The quantitative estimate of drug-likeness (QED) is 0.905. The van der Waals surface area contributed by atoms with Crippen LogP contribution in [-0.2, 0) is 9.84 Å². The third-order valence-electron chi connectivity index (χ3n) is 3.00. The van der Waals surface area contributed by atoms with Crippen molar-refractivity contribution in [2.45, 2.75) is 5.37 Å². The summed E-state index contributed by atoms with van der Waals surface area (Å²) in [6, 6.07) is 0.718. The molecule has 0 aromatic carbocycles. The Morgan fingerprint density at radius 2 is 2.15 bits per heavy atom. The fourth-order valence-electron chi connectivity index (χ4n) is 2.01. The second kappa shape index (κ2) is 5.72. The molecular weight excluding hydrogens is 308 g/mol. The molecule has 20 heavy (non-hydrogen) atoms. The summed E-state index contributed by atoms with van der Waals surface area (Å²) in [4.78, 5) is 5.26. The molecule has 0 bridgehead atoms. The van der Waals surface area contributed by atoms with Crippen LogP contribution in [0, 0.1) is 11.6 Å². The summed E-state index contributed by atoms with van der Waals surface area (Å²) in [5.41, 5.74) is 0. The summed E-state index contributed by atoms with van der Waals surface area (Å²) in [5.74, 6) is -0.900. The lowest BCUT2D eigenvalue weighted by atomic mass is 10.3. The summed E-state index contributed by atoms with van der Waals surface area (Å²) in [5, 5.41) is 1.67. The standard InChI is InChI=1S/C11H15F2N3O2S2/c1-14-10-7(12)5-8(13)11(15-10)16-3-4-19-6-9(16)20(2,17)18/h5,9H,3-4,6H2,1-2H3,(H,14,15). The maximum absolute atomic E-state index is 13.9. The van der Waals surface area contributed by atoms with Gasteiger partial charge in [0.1, 0.15) is 5.37 Å². The zero-order valence-electron chi connectivity index (χ0n) is 11.1. The molecule has 5 nitrogen and oxygen atoms in total. The number of nitrogens with zero attached hydrogens (tertiary/aromatic N) is 2. The van der Waals surface area contributed by atoms with Crippen LogP contribution in [0.25, 0.3) is 0 Å². The van der Waals surface area contributed by atoms with Gasteiger partial charge in [-0.2, -0.15) is 11.8 Å². The minimum atomic E-state index is -3.39. The first-order chi connectivity index (χ1) is 9.34. The van der Waals surface area contributed by atoms with E-state index in [1.807, 2.05) is 0 Å². The van der Waals surface area contributed by atoms with E-state index in [0.29, 0.717) is 18.1 Å². The van der Waals surface area contributed by atoms with E-state index in [-0.39, 0.29) is 11.6 Å². The summed E-state index contributed by atoms with van der Waals surface area (Å²) >= 11 is 1.49. The molecule has 9 heteroatoms. The van der Waals surface area contributed by atoms with E-state index >= 15 is 0 Å². The van der Waals surface area contributed by atoms with Crippen molar-refractivity contribution in [3.05, 3.63) is 17.7 Å². The highest BCUT2D eigenvalue weighted by atomic mass is 32.2. The summed E-state index contributed by atoms with van der Waals surface area (Å²) < 4.78 is 51.0. The van der Waals surface area contributed by atoms with Crippen molar-refractivity contribution >= 4 is 33.2 Å². The Kier molecular flexibility index (Phi) is 4.38. The van der Waals surface area contributed by atoms with Crippen molar-refractivity contribution in [1.29, 1.82) is 0 Å². The molecule has 1 aromatic rings. The molecule has 2 heterocycles. The number of thioether (sulfide) groups is 1. The van der Waals surface area contributed by atoms with Crippen LogP contribution in [0.3, 0.4) is 0 Å². The first kappa shape index (κ1) is 15.3. The van der Waals surface area contributed by atoms with Crippen LogP contribution in [0.5, 0.6) is 0 Å². The molecule has 0 spiro atoms. The fourth-order valence-corrected chi connectivity index (χ4v) is 4.83. The van der Waals surface area contributed by atoms with E-state index in [9.17, 15) is 17.2 Å². The average molecular weight is 323 g/mol. The molecule has 1 N–H and O–H groups in total. The number of pyridine rings is 1. The molecule has 0 saturated carbocycles. The Hall–Kier alpha value is -1.09. The molecule has 1 saturated heterocycles. The van der Waals surface area contributed by atoms with Crippen LogP contribution >= 0.6 is 11.8 Å². The number of anilines is 2. The third-order valence-corrected chi connectivity index (χ3v) is 5.64. The van der Waals surface area contributed by atoms with Crippen molar-refractivity contribution < 1.29 is 17.2 Å². The number of halogens is 2. The lowest BCUT2D eigenvalue weighted by Gasteiger charge is -2.35.